The molecule has 1 atom stereocenters. The number of benzene rings is 2. The number of nitrogens with zero attached hydrogens (tertiary/aromatic N) is 1. The number of hydrogen-bond acceptors (Lipinski definition) is 3. The van der Waals surface area contributed by atoms with E-state index in [9.17, 15) is 9.59 Å². The summed E-state index contributed by atoms with van der Waals surface area (Å²) in [7, 11) is 0. The first-order valence-corrected chi connectivity index (χ1v) is 12.4. The highest BCUT2D eigenvalue weighted by Crippen LogP contribution is 2.25. The molecule has 0 bridgehead atoms. The van der Waals surface area contributed by atoms with Gasteiger partial charge in [0.15, 0.2) is 0 Å². The zero-order valence-electron chi connectivity index (χ0n) is 17.7. The van der Waals surface area contributed by atoms with Crippen molar-refractivity contribution >= 4 is 58.4 Å². The molecule has 1 N–H and O–H groups in total. The number of rotatable bonds is 11. The molecule has 0 aromatic heterocycles. The first kappa shape index (κ1) is 25.9. The molecule has 0 aliphatic heterocycles. The molecule has 0 fully saturated rings. The van der Waals surface area contributed by atoms with Crippen LogP contribution in [0.4, 0.5) is 0 Å². The number of thioether (sulfide) groups is 1. The van der Waals surface area contributed by atoms with Gasteiger partial charge in [-0.15, -0.1) is 11.8 Å². The van der Waals surface area contributed by atoms with Crippen LogP contribution in [0.15, 0.2) is 47.4 Å². The summed E-state index contributed by atoms with van der Waals surface area (Å²) in [5, 5.41) is 4.47. The molecule has 2 aromatic carbocycles. The fraction of sp³-hybridized carbons (Fsp3) is 0.391. The second kappa shape index (κ2) is 13.2. The molecular formula is C23H27Cl3N2O2S. The predicted octanol–water partition coefficient (Wildman–Crippen LogP) is 6.46. The van der Waals surface area contributed by atoms with Gasteiger partial charge in [-0.05, 0) is 54.8 Å². The molecule has 8 heteroatoms. The summed E-state index contributed by atoms with van der Waals surface area (Å²) < 4.78 is 0. The summed E-state index contributed by atoms with van der Waals surface area (Å²) in [4.78, 5) is 28.6. The average molecular weight is 502 g/mol. The molecule has 0 radical (unpaired) electrons. The van der Waals surface area contributed by atoms with Gasteiger partial charge in [0.05, 0.1) is 10.0 Å². The Morgan fingerprint density at radius 2 is 1.74 bits per heavy atom. The fourth-order valence-corrected chi connectivity index (χ4v) is 4.34. The van der Waals surface area contributed by atoms with Crippen molar-refractivity contribution in [3.63, 3.8) is 0 Å². The largest absolute Gasteiger partial charge is 0.354 e. The third-order valence-corrected chi connectivity index (χ3v) is 6.68. The third-order valence-electron chi connectivity index (χ3n) is 4.67. The summed E-state index contributed by atoms with van der Waals surface area (Å²) in [6.45, 7) is 4.78. The molecule has 0 saturated carbocycles. The van der Waals surface area contributed by atoms with E-state index in [0.29, 0.717) is 46.8 Å². The van der Waals surface area contributed by atoms with Gasteiger partial charge in [-0.2, -0.15) is 0 Å². The Morgan fingerprint density at radius 3 is 2.35 bits per heavy atom. The fourth-order valence-electron chi connectivity index (χ4n) is 3.05. The summed E-state index contributed by atoms with van der Waals surface area (Å²) in [6, 6.07) is 12.2. The molecule has 0 spiro atoms. The lowest BCUT2D eigenvalue weighted by Crippen LogP contribution is -2.49. The van der Waals surface area contributed by atoms with Crippen molar-refractivity contribution in [2.45, 2.75) is 50.6 Å². The topological polar surface area (TPSA) is 49.4 Å². The van der Waals surface area contributed by atoms with Crippen LogP contribution in [0.2, 0.25) is 15.1 Å². The summed E-state index contributed by atoms with van der Waals surface area (Å²) >= 11 is 19.7. The molecule has 168 valence electrons. The quantitative estimate of drug-likeness (QED) is 0.359. The Hall–Kier alpha value is -1.40. The standard InChI is InChI=1S/C23H27Cl3N2O2S/c1-3-12-27-23(30)21(4-2)28(15-16-5-10-19(25)20(26)14-16)22(29)11-13-31-18-8-6-17(24)7-9-18/h5-10,14,21H,3-4,11-13,15H2,1-2H3,(H,27,30). The summed E-state index contributed by atoms with van der Waals surface area (Å²) in [6.07, 6.45) is 1.67. The van der Waals surface area contributed by atoms with Crippen molar-refractivity contribution in [2.24, 2.45) is 0 Å². The minimum Gasteiger partial charge on any atom is -0.354 e. The van der Waals surface area contributed by atoms with Crippen molar-refractivity contribution in [1.82, 2.24) is 10.2 Å². The van der Waals surface area contributed by atoms with Crippen LogP contribution in [-0.4, -0.2) is 35.1 Å². The minimum atomic E-state index is -0.547. The van der Waals surface area contributed by atoms with E-state index in [1.165, 1.54) is 0 Å². The van der Waals surface area contributed by atoms with Crippen LogP contribution in [0.1, 0.15) is 38.7 Å². The molecule has 0 aliphatic rings. The Kier molecular flexibility index (Phi) is 11.0. The molecule has 31 heavy (non-hydrogen) atoms. The lowest BCUT2D eigenvalue weighted by Gasteiger charge is -2.30. The highest BCUT2D eigenvalue weighted by atomic mass is 35.5. The van der Waals surface area contributed by atoms with Gasteiger partial charge < -0.3 is 10.2 Å². The van der Waals surface area contributed by atoms with Crippen molar-refractivity contribution < 1.29 is 9.59 Å². The molecule has 0 heterocycles. The van der Waals surface area contributed by atoms with E-state index in [0.717, 1.165) is 16.9 Å². The number of halogens is 3. The SMILES string of the molecule is CCCNC(=O)C(CC)N(Cc1ccc(Cl)c(Cl)c1)C(=O)CCSc1ccc(Cl)cc1. The first-order chi connectivity index (χ1) is 14.8. The van der Waals surface area contributed by atoms with Crippen LogP contribution >= 0.6 is 46.6 Å². The van der Waals surface area contributed by atoms with Crippen LogP contribution in [0.25, 0.3) is 0 Å². The van der Waals surface area contributed by atoms with Crippen molar-refractivity contribution in [1.29, 1.82) is 0 Å². The predicted molar refractivity (Wildman–Crippen MR) is 131 cm³/mol. The van der Waals surface area contributed by atoms with Crippen LogP contribution in [0, 0.1) is 0 Å². The van der Waals surface area contributed by atoms with Crippen LogP contribution in [-0.2, 0) is 16.1 Å². The van der Waals surface area contributed by atoms with Gasteiger partial charge >= 0.3 is 0 Å². The highest BCUT2D eigenvalue weighted by Gasteiger charge is 2.28. The van der Waals surface area contributed by atoms with Gasteiger partial charge in [-0.3, -0.25) is 9.59 Å². The van der Waals surface area contributed by atoms with E-state index in [-0.39, 0.29) is 11.8 Å². The highest BCUT2D eigenvalue weighted by molar-refractivity contribution is 7.99. The smallest absolute Gasteiger partial charge is 0.242 e. The van der Waals surface area contributed by atoms with E-state index >= 15 is 0 Å². The second-order valence-corrected chi connectivity index (χ2v) is 9.46. The van der Waals surface area contributed by atoms with E-state index in [2.05, 4.69) is 5.32 Å². The van der Waals surface area contributed by atoms with Gasteiger partial charge in [0.1, 0.15) is 6.04 Å². The Morgan fingerprint density at radius 1 is 1.03 bits per heavy atom. The number of nitrogens with one attached hydrogen (secondary N) is 1. The number of carbonyl (C=O) groups is 2. The molecule has 2 amide bonds. The van der Waals surface area contributed by atoms with Crippen molar-refractivity contribution in [2.75, 3.05) is 12.3 Å². The van der Waals surface area contributed by atoms with Gasteiger partial charge in [-0.25, -0.2) is 0 Å². The Labute approximate surface area is 203 Å². The van der Waals surface area contributed by atoms with Gasteiger partial charge in [-0.1, -0.05) is 54.7 Å². The zero-order valence-corrected chi connectivity index (χ0v) is 20.8. The van der Waals surface area contributed by atoms with E-state index in [1.54, 1.807) is 28.8 Å². The lowest BCUT2D eigenvalue weighted by molar-refractivity contribution is -0.141. The number of hydrogen-bond donors (Lipinski definition) is 1. The first-order valence-electron chi connectivity index (χ1n) is 10.2. The molecule has 0 aliphatic carbocycles. The third kappa shape index (κ3) is 8.23. The maximum atomic E-state index is 13.2. The molecule has 1 unspecified atom stereocenters. The Bertz CT molecular complexity index is 878. The van der Waals surface area contributed by atoms with Crippen molar-refractivity contribution in [3.8, 4) is 0 Å². The lowest BCUT2D eigenvalue weighted by atomic mass is 10.1. The number of amides is 2. The second-order valence-electron chi connectivity index (χ2n) is 7.04. The van der Waals surface area contributed by atoms with E-state index < -0.39 is 6.04 Å². The molecule has 4 nitrogen and oxygen atoms in total. The van der Waals surface area contributed by atoms with Gasteiger partial charge in [0, 0.05) is 35.2 Å². The van der Waals surface area contributed by atoms with Crippen LogP contribution < -0.4 is 5.32 Å². The molecule has 2 rings (SSSR count). The zero-order chi connectivity index (χ0) is 22.8. The normalized spacial score (nSPS) is 11.8. The number of carbonyl (C=O) groups excluding carboxylic acids is 2. The monoisotopic (exact) mass is 500 g/mol. The van der Waals surface area contributed by atoms with Gasteiger partial charge in [0.2, 0.25) is 11.8 Å². The summed E-state index contributed by atoms with van der Waals surface area (Å²) in [5.41, 5.74) is 0.829. The molecule has 2 aromatic rings. The van der Waals surface area contributed by atoms with Crippen LogP contribution in [0.5, 0.6) is 0 Å². The maximum absolute atomic E-state index is 13.2. The minimum absolute atomic E-state index is 0.0777. The molecule has 0 saturated heterocycles. The van der Waals surface area contributed by atoms with Crippen LogP contribution in [0.3, 0.4) is 0 Å². The van der Waals surface area contributed by atoms with E-state index in [1.807, 2.05) is 44.2 Å². The maximum Gasteiger partial charge on any atom is 0.242 e. The van der Waals surface area contributed by atoms with Crippen molar-refractivity contribution in [3.05, 3.63) is 63.1 Å². The molecular weight excluding hydrogens is 475 g/mol. The van der Waals surface area contributed by atoms with E-state index in [4.69, 9.17) is 34.8 Å². The average Bonchev–Trinajstić information content (AvgIpc) is 2.75. The van der Waals surface area contributed by atoms with Gasteiger partial charge in [0.25, 0.3) is 0 Å². The summed E-state index contributed by atoms with van der Waals surface area (Å²) in [5.74, 6) is 0.389. The Balaban J connectivity index is 2.13.